The number of aromatic nitrogens is 3. The lowest BCUT2D eigenvalue weighted by Crippen LogP contribution is -2.27. The van der Waals surface area contributed by atoms with Crippen molar-refractivity contribution < 1.29 is 9.90 Å². The highest BCUT2D eigenvalue weighted by Gasteiger charge is 2.34. The summed E-state index contributed by atoms with van der Waals surface area (Å²) in [7, 11) is 0. The second kappa shape index (κ2) is 4.68. The minimum absolute atomic E-state index is 0.0376. The van der Waals surface area contributed by atoms with E-state index in [1.165, 1.54) is 12.4 Å². The van der Waals surface area contributed by atoms with Gasteiger partial charge in [0.15, 0.2) is 5.78 Å². The Labute approximate surface area is 110 Å². The molecule has 1 aliphatic rings. The number of rotatable bonds is 2. The standard InChI is InChI=1S/C14H13N3O2/c18-11-6-12(10-4-2-1-3-5-10)14(13(19)7-11)17-9-15-8-16-17/h1-5,7-9,12,14,19H,6H2/t12-,14+/m1/s1. The summed E-state index contributed by atoms with van der Waals surface area (Å²) >= 11 is 0. The highest BCUT2D eigenvalue weighted by Crippen LogP contribution is 2.38. The quantitative estimate of drug-likeness (QED) is 0.891. The second-order valence-corrected chi connectivity index (χ2v) is 4.58. The van der Waals surface area contributed by atoms with Crippen molar-refractivity contribution in [2.75, 3.05) is 0 Å². The minimum Gasteiger partial charge on any atom is -0.510 e. The molecule has 0 spiro atoms. The van der Waals surface area contributed by atoms with E-state index < -0.39 is 0 Å². The van der Waals surface area contributed by atoms with E-state index in [2.05, 4.69) is 10.1 Å². The number of aliphatic hydroxyl groups excluding tert-OH is 1. The summed E-state index contributed by atoms with van der Waals surface area (Å²) in [6.45, 7) is 0. The van der Waals surface area contributed by atoms with Crippen molar-refractivity contribution >= 4 is 5.78 Å². The number of hydrogen-bond donors (Lipinski definition) is 1. The lowest BCUT2D eigenvalue weighted by molar-refractivity contribution is -0.116. The van der Waals surface area contributed by atoms with Gasteiger partial charge in [0.2, 0.25) is 0 Å². The zero-order valence-electron chi connectivity index (χ0n) is 10.2. The van der Waals surface area contributed by atoms with Crippen LogP contribution in [0.1, 0.15) is 23.9 Å². The normalized spacial score (nSPS) is 23.2. The SMILES string of the molecule is O=C1C=C(O)[C@@H](n2cncn2)[C@@H](c2ccccc2)C1. The summed E-state index contributed by atoms with van der Waals surface area (Å²) in [5, 5.41) is 14.2. The predicted molar refractivity (Wildman–Crippen MR) is 68.6 cm³/mol. The first-order valence-electron chi connectivity index (χ1n) is 6.08. The maximum Gasteiger partial charge on any atom is 0.159 e. The van der Waals surface area contributed by atoms with Crippen LogP contribution >= 0.6 is 0 Å². The molecule has 2 atom stereocenters. The summed E-state index contributed by atoms with van der Waals surface area (Å²) in [6.07, 6.45) is 4.62. The Morgan fingerprint density at radius 2 is 2.05 bits per heavy atom. The van der Waals surface area contributed by atoms with E-state index in [0.29, 0.717) is 6.42 Å². The fourth-order valence-electron chi connectivity index (χ4n) is 2.53. The van der Waals surface area contributed by atoms with Crippen molar-refractivity contribution in [1.29, 1.82) is 0 Å². The minimum atomic E-state index is -0.373. The molecule has 0 saturated heterocycles. The third kappa shape index (κ3) is 2.14. The van der Waals surface area contributed by atoms with Crippen molar-refractivity contribution in [2.45, 2.75) is 18.4 Å². The Hall–Kier alpha value is -2.43. The van der Waals surface area contributed by atoms with Crippen molar-refractivity contribution in [2.24, 2.45) is 0 Å². The zero-order chi connectivity index (χ0) is 13.2. The van der Waals surface area contributed by atoms with Crippen molar-refractivity contribution in [1.82, 2.24) is 14.8 Å². The number of allylic oxidation sites excluding steroid dienone is 2. The Bertz CT molecular complexity index is 605. The van der Waals surface area contributed by atoms with Gasteiger partial charge in [-0.15, -0.1) is 0 Å². The van der Waals surface area contributed by atoms with E-state index >= 15 is 0 Å². The number of aliphatic hydroxyl groups is 1. The van der Waals surface area contributed by atoms with Gasteiger partial charge in [-0.05, 0) is 5.56 Å². The molecule has 96 valence electrons. The van der Waals surface area contributed by atoms with Crippen LogP contribution in [0.5, 0.6) is 0 Å². The van der Waals surface area contributed by atoms with Gasteiger partial charge in [0, 0.05) is 18.4 Å². The summed E-state index contributed by atoms with van der Waals surface area (Å²) in [4.78, 5) is 15.6. The summed E-state index contributed by atoms with van der Waals surface area (Å²) < 4.78 is 1.59. The molecule has 0 amide bonds. The highest BCUT2D eigenvalue weighted by molar-refractivity contribution is 5.92. The van der Waals surface area contributed by atoms with E-state index in [9.17, 15) is 9.90 Å². The maximum absolute atomic E-state index is 11.7. The molecular weight excluding hydrogens is 242 g/mol. The molecule has 0 fully saturated rings. The van der Waals surface area contributed by atoms with Gasteiger partial charge in [-0.1, -0.05) is 30.3 Å². The largest absolute Gasteiger partial charge is 0.510 e. The average Bonchev–Trinajstić information content (AvgIpc) is 2.92. The molecule has 1 aliphatic carbocycles. The number of nitrogens with zero attached hydrogens (tertiary/aromatic N) is 3. The lowest BCUT2D eigenvalue weighted by atomic mass is 9.82. The molecule has 1 aromatic carbocycles. The van der Waals surface area contributed by atoms with Crippen LogP contribution in [0.3, 0.4) is 0 Å². The van der Waals surface area contributed by atoms with E-state index in [-0.39, 0.29) is 23.5 Å². The summed E-state index contributed by atoms with van der Waals surface area (Å²) in [6, 6.07) is 9.32. The van der Waals surface area contributed by atoms with E-state index in [1.54, 1.807) is 11.0 Å². The molecule has 19 heavy (non-hydrogen) atoms. The van der Waals surface area contributed by atoms with Crippen LogP contribution in [-0.2, 0) is 4.79 Å². The van der Waals surface area contributed by atoms with E-state index in [1.807, 2.05) is 30.3 Å². The number of carbonyl (C=O) groups is 1. The molecule has 0 bridgehead atoms. The molecule has 2 aromatic rings. The van der Waals surface area contributed by atoms with E-state index in [0.717, 1.165) is 5.56 Å². The topological polar surface area (TPSA) is 68.0 Å². The van der Waals surface area contributed by atoms with Crippen LogP contribution in [0.4, 0.5) is 0 Å². The molecule has 0 saturated carbocycles. The van der Waals surface area contributed by atoms with Gasteiger partial charge in [-0.25, -0.2) is 9.67 Å². The van der Waals surface area contributed by atoms with Crippen LogP contribution in [0.2, 0.25) is 0 Å². The van der Waals surface area contributed by atoms with Crippen molar-refractivity contribution in [3.63, 3.8) is 0 Å². The lowest BCUT2D eigenvalue weighted by Gasteiger charge is -2.29. The molecule has 5 heteroatoms. The summed E-state index contributed by atoms with van der Waals surface area (Å²) in [5.41, 5.74) is 1.01. The van der Waals surface area contributed by atoms with Crippen LogP contribution < -0.4 is 0 Å². The van der Waals surface area contributed by atoms with Crippen LogP contribution in [0, 0.1) is 0 Å². The van der Waals surface area contributed by atoms with Gasteiger partial charge >= 0.3 is 0 Å². The number of ketones is 1. The molecule has 0 aliphatic heterocycles. The van der Waals surface area contributed by atoms with Gasteiger partial charge in [0.1, 0.15) is 24.5 Å². The monoisotopic (exact) mass is 255 g/mol. The number of carbonyl (C=O) groups excluding carboxylic acids is 1. The molecule has 1 N–H and O–H groups in total. The Morgan fingerprint density at radius 1 is 1.26 bits per heavy atom. The number of hydrogen-bond acceptors (Lipinski definition) is 4. The Balaban J connectivity index is 2.06. The van der Waals surface area contributed by atoms with Gasteiger partial charge in [-0.2, -0.15) is 5.10 Å². The molecular formula is C14H13N3O2. The third-order valence-electron chi connectivity index (χ3n) is 3.36. The molecule has 5 nitrogen and oxygen atoms in total. The smallest absolute Gasteiger partial charge is 0.159 e. The van der Waals surface area contributed by atoms with Crippen LogP contribution in [0.25, 0.3) is 0 Å². The summed E-state index contributed by atoms with van der Waals surface area (Å²) in [5.74, 6) is -0.154. The third-order valence-corrected chi connectivity index (χ3v) is 3.36. The van der Waals surface area contributed by atoms with Crippen LogP contribution in [0.15, 0.2) is 54.8 Å². The fraction of sp³-hybridized carbons (Fsp3) is 0.214. The number of benzene rings is 1. The van der Waals surface area contributed by atoms with Gasteiger partial charge < -0.3 is 5.11 Å². The van der Waals surface area contributed by atoms with Crippen molar-refractivity contribution in [3.8, 4) is 0 Å². The first-order chi connectivity index (χ1) is 9.25. The molecule has 3 rings (SSSR count). The van der Waals surface area contributed by atoms with Crippen LogP contribution in [-0.4, -0.2) is 25.7 Å². The maximum atomic E-state index is 11.7. The predicted octanol–water partition coefficient (Wildman–Crippen LogP) is 2.02. The first-order valence-corrected chi connectivity index (χ1v) is 6.08. The second-order valence-electron chi connectivity index (χ2n) is 4.58. The van der Waals surface area contributed by atoms with Gasteiger partial charge in [-0.3, -0.25) is 4.79 Å². The highest BCUT2D eigenvalue weighted by atomic mass is 16.3. The molecule has 1 heterocycles. The van der Waals surface area contributed by atoms with Crippen molar-refractivity contribution in [3.05, 3.63) is 60.4 Å². The fourth-order valence-corrected chi connectivity index (χ4v) is 2.53. The van der Waals surface area contributed by atoms with E-state index in [4.69, 9.17) is 0 Å². The van der Waals surface area contributed by atoms with Gasteiger partial charge in [0.05, 0.1) is 0 Å². The molecule has 0 unspecified atom stereocenters. The Kier molecular flexibility index (Phi) is 2.87. The molecule has 1 aromatic heterocycles. The molecule has 0 radical (unpaired) electrons. The van der Waals surface area contributed by atoms with Gasteiger partial charge in [0.25, 0.3) is 0 Å². The average molecular weight is 255 g/mol. The zero-order valence-corrected chi connectivity index (χ0v) is 10.2. The Morgan fingerprint density at radius 3 is 2.74 bits per heavy atom. The first kappa shape index (κ1) is 11.6.